The molecule has 4 nitrogen and oxygen atoms in total. The topological polar surface area (TPSA) is 62.2 Å². The van der Waals surface area contributed by atoms with E-state index in [0.29, 0.717) is 10.5 Å². The van der Waals surface area contributed by atoms with Crippen LogP contribution < -0.4 is 5.32 Å². The zero-order valence-electron chi connectivity index (χ0n) is 11.9. The molecule has 116 valence electrons. The zero-order valence-corrected chi connectivity index (χ0v) is 12.6. The van der Waals surface area contributed by atoms with Crippen molar-refractivity contribution in [2.75, 3.05) is 0 Å². The van der Waals surface area contributed by atoms with Crippen LogP contribution in [0.25, 0.3) is 10.9 Å². The van der Waals surface area contributed by atoms with Gasteiger partial charge in [0.05, 0.1) is 5.52 Å². The fraction of sp³-hybridized carbons (Fsp3) is 0.0588. The molecule has 0 aliphatic rings. The summed E-state index contributed by atoms with van der Waals surface area (Å²) in [6, 6.07) is 10.9. The molecule has 1 amide bonds. The van der Waals surface area contributed by atoms with E-state index in [0.717, 1.165) is 11.6 Å². The van der Waals surface area contributed by atoms with Crippen molar-refractivity contribution in [2.45, 2.75) is 6.54 Å². The third-order valence-electron chi connectivity index (χ3n) is 3.41. The first kappa shape index (κ1) is 15.2. The van der Waals surface area contributed by atoms with Gasteiger partial charge < -0.3 is 10.4 Å². The Morgan fingerprint density at radius 1 is 1.22 bits per heavy atom. The second-order valence-electron chi connectivity index (χ2n) is 4.99. The number of nitrogens with one attached hydrogen (secondary N) is 1. The van der Waals surface area contributed by atoms with Crippen LogP contribution in [0.3, 0.4) is 0 Å². The zero-order chi connectivity index (χ0) is 16.4. The van der Waals surface area contributed by atoms with Gasteiger partial charge in [0, 0.05) is 23.2 Å². The molecular formula is C17H12ClFN2O2. The van der Waals surface area contributed by atoms with Gasteiger partial charge in [-0.25, -0.2) is 4.39 Å². The lowest BCUT2D eigenvalue weighted by Gasteiger charge is -2.09. The summed E-state index contributed by atoms with van der Waals surface area (Å²) in [5, 5.41) is 13.7. The minimum atomic E-state index is -0.506. The Bertz CT molecular complexity index is 882. The normalized spacial score (nSPS) is 10.7. The molecule has 3 rings (SSSR count). The van der Waals surface area contributed by atoms with Crippen LogP contribution in [0, 0.1) is 5.82 Å². The number of nitrogens with zero attached hydrogens (tertiary/aromatic N) is 1. The second kappa shape index (κ2) is 6.22. The molecule has 23 heavy (non-hydrogen) atoms. The van der Waals surface area contributed by atoms with Gasteiger partial charge in [0.2, 0.25) is 0 Å². The average Bonchev–Trinajstić information content (AvgIpc) is 2.55. The smallest absolute Gasteiger partial charge is 0.256 e. The average molecular weight is 331 g/mol. The summed E-state index contributed by atoms with van der Waals surface area (Å²) in [4.78, 5) is 16.3. The van der Waals surface area contributed by atoms with Gasteiger partial charge in [0.25, 0.3) is 5.91 Å². The van der Waals surface area contributed by atoms with Gasteiger partial charge in [-0.3, -0.25) is 9.78 Å². The van der Waals surface area contributed by atoms with Crippen molar-refractivity contribution in [3.63, 3.8) is 0 Å². The Balaban J connectivity index is 1.83. The molecular weight excluding hydrogens is 319 g/mol. The van der Waals surface area contributed by atoms with Gasteiger partial charge in [0.15, 0.2) is 0 Å². The molecule has 0 saturated carbocycles. The first-order valence-electron chi connectivity index (χ1n) is 6.84. The lowest BCUT2D eigenvalue weighted by Crippen LogP contribution is -2.23. The third-order valence-corrected chi connectivity index (χ3v) is 3.66. The number of amides is 1. The van der Waals surface area contributed by atoms with Gasteiger partial charge in [-0.2, -0.15) is 0 Å². The SMILES string of the molecule is O=C(NCc1ccc(Cl)cc1)c1cnc2ccc(F)cc2c1O. The standard InChI is InChI=1S/C17H12ClFN2O2/c18-11-3-1-10(2-4-11)8-21-17(23)14-9-20-15-6-5-12(19)7-13(15)16(14)22/h1-7,9H,8H2,(H,20,22)(H,21,23). The maximum Gasteiger partial charge on any atom is 0.256 e. The number of aromatic nitrogens is 1. The second-order valence-corrected chi connectivity index (χ2v) is 5.43. The maximum atomic E-state index is 13.3. The Morgan fingerprint density at radius 2 is 1.96 bits per heavy atom. The lowest BCUT2D eigenvalue weighted by molar-refractivity contribution is 0.0948. The van der Waals surface area contributed by atoms with Gasteiger partial charge in [-0.05, 0) is 35.9 Å². The van der Waals surface area contributed by atoms with Crippen LogP contribution >= 0.6 is 11.6 Å². The minimum Gasteiger partial charge on any atom is -0.506 e. The molecule has 0 aliphatic heterocycles. The quantitative estimate of drug-likeness (QED) is 0.770. The van der Waals surface area contributed by atoms with Crippen LogP contribution in [-0.4, -0.2) is 16.0 Å². The number of rotatable bonds is 3. The summed E-state index contributed by atoms with van der Waals surface area (Å²) in [6.07, 6.45) is 1.27. The predicted octanol–water partition coefficient (Wildman–Crippen LogP) is 3.66. The van der Waals surface area contributed by atoms with E-state index in [9.17, 15) is 14.3 Å². The van der Waals surface area contributed by atoms with Crippen LogP contribution in [-0.2, 0) is 6.54 Å². The summed E-state index contributed by atoms with van der Waals surface area (Å²) in [5.74, 6) is -1.28. The highest BCUT2D eigenvalue weighted by atomic mass is 35.5. The third kappa shape index (κ3) is 3.24. The Labute approximate surface area is 136 Å². The molecule has 0 fully saturated rings. The molecule has 1 heterocycles. The van der Waals surface area contributed by atoms with Crippen LogP contribution in [0.4, 0.5) is 4.39 Å². The Hall–Kier alpha value is -2.66. The highest BCUT2D eigenvalue weighted by molar-refractivity contribution is 6.30. The number of carbonyl (C=O) groups is 1. The lowest BCUT2D eigenvalue weighted by atomic mass is 10.1. The summed E-state index contributed by atoms with van der Waals surface area (Å²) in [6.45, 7) is 0.274. The molecule has 3 aromatic rings. The molecule has 2 aromatic carbocycles. The van der Waals surface area contributed by atoms with Crippen molar-refractivity contribution >= 4 is 28.4 Å². The van der Waals surface area contributed by atoms with Crippen molar-refractivity contribution < 1.29 is 14.3 Å². The van der Waals surface area contributed by atoms with Gasteiger partial charge >= 0.3 is 0 Å². The Morgan fingerprint density at radius 3 is 2.70 bits per heavy atom. The minimum absolute atomic E-state index is 0.00272. The molecule has 0 aliphatic carbocycles. The number of halogens is 2. The molecule has 0 saturated heterocycles. The Kier molecular flexibility index (Phi) is 4.12. The first-order chi connectivity index (χ1) is 11.0. The molecule has 0 bridgehead atoms. The van der Waals surface area contributed by atoms with Crippen molar-refractivity contribution in [1.82, 2.24) is 10.3 Å². The van der Waals surface area contributed by atoms with Crippen LogP contribution in [0.2, 0.25) is 5.02 Å². The van der Waals surface area contributed by atoms with E-state index in [1.54, 1.807) is 24.3 Å². The number of benzene rings is 2. The van der Waals surface area contributed by atoms with E-state index in [1.807, 2.05) is 0 Å². The largest absolute Gasteiger partial charge is 0.506 e. The number of pyridine rings is 1. The van der Waals surface area contributed by atoms with E-state index in [2.05, 4.69) is 10.3 Å². The number of carbonyl (C=O) groups excluding carboxylic acids is 1. The molecule has 0 unspecified atom stereocenters. The predicted molar refractivity (Wildman–Crippen MR) is 86.0 cm³/mol. The fourth-order valence-corrected chi connectivity index (χ4v) is 2.32. The maximum absolute atomic E-state index is 13.3. The number of hydrogen-bond acceptors (Lipinski definition) is 3. The summed E-state index contributed by atoms with van der Waals surface area (Å²) >= 11 is 5.80. The molecule has 0 spiro atoms. The van der Waals surface area contributed by atoms with Crippen LogP contribution in [0.5, 0.6) is 5.75 Å². The van der Waals surface area contributed by atoms with Gasteiger partial charge in [-0.15, -0.1) is 0 Å². The molecule has 0 atom stereocenters. The molecule has 1 aromatic heterocycles. The van der Waals surface area contributed by atoms with Crippen molar-refractivity contribution in [3.05, 3.63) is 70.6 Å². The first-order valence-corrected chi connectivity index (χ1v) is 7.22. The number of aromatic hydroxyl groups is 1. The van der Waals surface area contributed by atoms with Crippen molar-refractivity contribution in [3.8, 4) is 5.75 Å². The van der Waals surface area contributed by atoms with Gasteiger partial charge in [0.1, 0.15) is 17.1 Å². The summed E-state index contributed by atoms with van der Waals surface area (Å²) < 4.78 is 13.3. The van der Waals surface area contributed by atoms with E-state index in [-0.39, 0.29) is 23.2 Å². The summed E-state index contributed by atoms with van der Waals surface area (Å²) in [5.41, 5.74) is 1.28. The highest BCUT2D eigenvalue weighted by Gasteiger charge is 2.15. The van der Waals surface area contributed by atoms with E-state index >= 15 is 0 Å². The van der Waals surface area contributed by atoms with Gasteiger partial charge in [-0.1, -0.05) is 23.7 Å². The van der Waals surface area contributed by atoms with E-state index < -0.39 is 11.7 Å². The monoisotopic (exact) mass is 330 g/mol. The summed E-state index contributed by atoms with van der Waals surface area (Å²) in [7, 11) is 0. The van der Waals surface area contributed by atoms with E-state index in [1.165, 1.54) is 18.3 Å². The highest BCUT2D eigenvalue weighted by Crippen LogP contribution is 2.27. The van der Waals surface area contributed by atoms with Crippen LogP contribution in [0.15, 0.2) is 48.7 Å². The number of fused-ring (bicyclic) bond motifs is 1. The van der Waals surface area contributed by atoms with E-state index in [4.69, 9.17) is 11.6 Å². The molecule has 0 radical (unpaired) electrons. The fourth-order valence-electron chi connectivity index (χ4n) is 2.20. The van der Waals surface area contributed by atoms with Crippen molar-refractivity contribution in [2.24, 2.45) is 0 Å². The van der Waals surface area contributed by atoms with Crippen LogP contribution in [0.1, 0.15) is 15.9 Å². The molecule has 2 N–H and O–H groups in total. The number of hydrogen-bond donors (Lipinski definition) is 2. The van der Waals surface area contributed by atoms with Crippen molar-refractivity contribution in [1.29, 1.82) is 0 Å². The molecule has 6 heteroatoms.